The first-order valence-electron chi connectivity index (χ1n) is 12.0. The molecule has 2 aromatic heterocycles. The number of aliphatic imine (C=N–C) groups is 1. The number of nitriles is 2. The molecule has 11 nitrogen and oxygen atoms in total. The summed E-state index contributed by atoms with van der Waals surface area (Å²) < 4.78 is 14.3. The van der Waals surface area contributed by atoms with Crippen molar-refractivity contribution in [3.63, 3.8) is 0 Å². The lowest BCUT2D eigenvalue weighted by molar-refractivity contribution is -0.384. The van der Waals surface area contributed by atoms with Crippen LogP contribution in [0.15, 0.2) is 87.7 Å². The fraction of sp³-hybridized carbons (Fsp3) is 0.0345. The highest BCUT2D eigenvalue weighted by molar-refractivity contribution is 5.98. The van der Waals surface area contributed by atoms with Gasteiger partial charge in [0.15, 0.2) is 11.6 Å². The van der Waals surface area contributed by atoms with Crippen molar-refractivity contribution in [3.8, 4) is 23.3 Å². The van der Waals surface area contributed by atoms with Crippen molar-refractivity contribution < 1.29 is 9.31 Å². The molecular formula is C29H17FN8O3. The average molecular weight is 545 g/mol. The van der Waals surface area contributed by atoms with Gasteiger partial charge in [-0.3, -0.25) is 14.9 Å². The number of hydrogen-bond donors (Lipinski definition) is 1. The standard InChI is InChI=1S/C29H17FN8O3/c1-17(27-34-24-4-2-3-5-25(24)35-27)36-37-28(33-16-18-6-10-20(30)11-7-18)22(14-31)26(23(15-32)29(37)39)19-8-12-21(13-9-19)38(40)41/h2-13,16H,1H3,(H,34,35)/b33-16?,36-17+. The second-order valence-corrected chi connectivity index (χ2v) is 8.69. The van der Waals surface area contributed by atoms with E-state index in [1.807, 2.05) is 30.3 Å². The molecule has 5 rings (SSSR count). The molecule has 0 aliphatic heterocycles. The maximum atomic E-state index is 13.7. The number of nitro groups is 1. The van der Waals surface area contributed by atoms with E-state index >= 15 is 0 Å². The Morgan fingerprint density at radius 1 is 1.05 bits per heavy atom. The van der Waals surface area contributed by atoms with Gasteiger partial charge in [0.2, 0.25) is 0 Å². The molecule has 5 aromatic rings. The van der Waals surface area contributed by atoms with Gasteiger partial charge in [-0.2, -0.15) is 20.3 Å². The molecule has 0 amide bonds. The van der Waals surface area contributed by atoms with Crippen molar-refractivity contribution in [3.05, 3.63) is 122 Å². The number of nitro benzene ring substituents is 1. The van der Waals surface area contributed by atoms with Crippen molar-refractivity contribution in [2.45, 2.75) is 6.92 Å². The smallest absolute Gasteiger partial charge is 0.291 e. The van der Waals surface area contributed by atoms with E-state index in [2.05, 4.69) is 20.1 Å². The zero-order valence-corrected chi connectivity index (χ0v) is 21.2. The van der Waals surface area contributed by atoms with E-state index in [1.54, 1.807) is 13.0 Å². The molecule has 0 atom stereocenters. The molecule has 12 heteroatoms. The molecule has 3 aromatic carbocycles. The average Bonchev–Trinajstić information content (AvgIpc) is 3.42. The quantitative estimate of drug-likeness (QED) is 0.175. The zero-order valence-electron chi connectivity index (χ0n) is 21.2. The number of aromatic amines is 1. The predicted molar refractivity (Wildman–Crippen MR) is 150 cm³/mol. The van der Waals surface area contributed by atoms with Gasteiger partial charge in [0.1, 0.15) is 34.8 Å². The number of fused-ring (bicyclic) bond motifs is 1. The van der Waals surface area contributed by atoms with E-state index in [1.165, 1.54) is 54.7 Å². The number of rotatable bonds is 6. The van der Waals surface area contributed by atoms with Crippen molar-refractivity contribution in [1.29, 1.82) is 10.5 Å². The molecule has 1 N–H and O–H groups in total. The Labute approximate surface area is 230 Å². The number of non-ortho nitro benzene ring substituents is 1. The number of hydrogen-bond acceptors (Lipinski definition) is 8. The highest BCUT2D eigenvalue weighted by Crippen LogP contribution is 2.33. The third kappa shape index (κ3) is 5.08. The van der Waals surface area contributed by atoms with E-state index in [0.29, 0.717) is 16.9 Å². The van der Waals surface area contributed by atoms with Gasteiger partial charge in [-0.05, 0) is 54.4 Å². The summed E-state index contributed by atoms with van der Waals surface area (Å²) in [4.78, 5) is 36.2. The predicted octanol–water partition coefficient (Wildman–Crippen LogP) is 5.21. The first-order valence-corrected chi connectivity index (χ1v) is 12.0. The summed E-state index contributed by atoms with van der Waals surface area (Å²) in [6.45, 7) is 1.60. The normalized spacial score (nSPS) is 11.5. The molecule has 2 heterocycles. The molecule has 0 saturated carbocycles. The summed E-state index contributed by atoms with van der Waals surface area (Å²) in [7, 11) is 0. The van der Waals surface area contributed by atoms with Gasteiger partial charge < -0.3 is 4.98 Å². The second-order valence-electron chi connectivity index (χ2n) is 8.69. The van der Waals surface area contributed by atoms with Crippen LogP contribution in [0.3, 0.4) is 0 Å². The molecule has 0 aliphatic carbocycles. The van der Waals surface area contributed by atoms with Gasteiger partial charge in [-0.1, -0.05) is 24.3 Å². The minimum atomic E-state index is -0.874. The third-order valence-corrected chi connectivity index (χ3v) is 6.11. The van der Waals surface area contributed by atoms with E-state index in [4.69, 9.17) is 0 Å². The molecule has 0 bridgehead atoms. The molecule has 0 fully saturated rings. The summed E-state index contributed by atoms with van der Waals surface area (Å²) in [6, 6.07) is 21.6. The summed E-state index contributed by atoms with van der Waals surface area (Å²) >= 11 is 0. The molecule has 0 radical (unpaired) electrons. The number of nitrogens with one attached hydrogen (secondary N) is 1. The minimum absolute atomic E-state index is 0.0472. The Morgan fingerprint density at radius 3 is 2.37 bits per heavy atom. The number of H-pyrrole nitrogens is 1. The van der Waals surface area contributed by atoms with Crippen LogP contribution in [0.25, 0.3) is 22.2 Å². The molecule has 0 saturated heterocycles. The SMILES string of the molecule is C/C(=N\n1c(N=Cc2ccc(F)cc2)c(C#N)c(-c2ccc([N+](=O)[O-])cc2)c(C#N)c1=O)c1nc2ccccc2[nH]1. The van der Waals surface area contributed by atoms with Crippen molar-refractivity contribution >= 4 is 34.5 Å². The monoisotopic (exact) mass is 544 g/mol. The van der Waals surface area contributed by atoms with Gasteiger partial charge in [0.05, 0.1) is 16.0 Å². The molecular weight excluding hydrogens is 527 g/mol. The number of benzene rings is 3. The third-order valence-electron chi connectivity index (χ3n) is 6.11. The number of nitrogens with zero attached hydrogens (tertiary/aromatic N) is 7. The van der Waals surface area contributed by atoms with Crippen LogP contribution in [0.4, 0.5) is 15.9 Å². The lowest BCUT2D eigenvalue weighted by Gasteiger charge is -2.13. The Morgan fingerprint density at radius 2 is 1.73 bits per heavy atom. The van der Waals surface area contributed by atoms with Crippen LogP contribution in [-0.4, -0.2) is 31.5 Å². The van der Waals surface area contributed by atoms with E-state index in [0.717, 1.165) is 10.2 Å². The molecule has 0 unspecified atom stereocenters. The lowest BCUT2D eigenvalue weighted by Crippen LogP contribution is -2.23. The zero-order chi connectivity index (χ0) is 29.1. The Bertz CT molecular complexity index is 1990. The van der Waals surface area contributed by atoms with Gasteiger partial charge in [0.25, 0.3) is 11.2 Å². The number of imidazole rings is 1. The van der Waals surface area contributed by atoms with Crippen LogP contribution >= 0.6 is 0 Å². The maximum absolute atomic E-state index is 13.7. The number of halogens is 1. The number of aromatic nitrogens is 3. The summed E-state index contributed by atoms with van der Waals surface area (Å²) in [5, 5.41) is 35.8. The van der Waals surface area contributed by atoms with Crippen molar-refractivity contribution in [2.24, 2.45) is 10.1 Å². The molecule has 41 heavy (non-hydrogen) atoms. The fourth-order valence-corrected chi connectivity index (χ4v) is 4.12. The number of pyridine rings is 1. The molecule has 0 aliphatic rings. The highest BCUT2D eigenvalue weighted by Gasteiger charge is 2.24. The van der Waals surface area contributed by atoms with Crippen LogP contribution in [0.1, 0.15) is 29.4 Å². The first kappa shape index (κ1) is 26.3. The molecule has 198 valence electrons. The van der Waals surface area contributed by atoms with Gasteiger partial charge in [-0.15, -0.1) is 0 Å². The Balaban J connectivity index is 1.78. The summed E-state index contributed by atoms with van der Waals surface area (Å²) in [6.07, 6.45) is 1.32. The van der Waals surface area contributed by atoms with E-state index in [-0.39, 0.29) is 33.9 Å². The topological polar surface area (TPSA) is 166 Å². The van der Waals surface area contributed by atoms with Crippen LogP contribution in [-0.2, 0) is 0 Å². The van der Waals surface area contributed by atoms with Crippen LogP contribution in [0.5, 0.6) is 0 Å². The van der Waals surface area contributed by atoms with Gasteiger partial charge in [0, 0.05) is 23.9 Å². The van der Waals surface area contributed by atoms with Crippen LogP contribution in [0, 0.1) is 38.6 Å². The van der Waals surface area contributed by atoms with E-state index in [9.17, 15) is 29.8 Å². The maximum Gasteiger partial charge on any atom is 0.291 e. The van der Waals surface area contributed by atoms with Crippen molar-refractivity contribution in [1.82, 2.24) is 14.6 Å². The largest absolute Gasteiger partial charge is 0.337 e. The van der Waals surface area contributed by atoms with Gasteiger partial charge >= 0.3 is 0 Å². The second kappa shape index (κ2) is 10.8. The minimum Gasteiger partial charge on any atom is -0.337 e. The van der Waals surface area contributed by atoms with Crippen LogP contribution < -0.4 is 5.56 Å². The molecule has 0 spiro atoms. The fourth-order valence-electron chi connectivity index (χ4n) is 4.12. The Kier molecular flexibility index (Phi) is 6.97. The van der Waals surface area contributed by atoms with Gasteiger partial charge in [-0.25, -0.2) is 14.4 Å². The first-order chi connectivity index (χ1) is 19.8. The number of para-hydroxylation sites is 2. The van der Waals surface area contributed by atoms with Crippen LogP contribution in [0.2, 0.25) is 0 Å². The lowest BCUT2D eigenvalue weighted by atomic mass is 9.96. The van der Waals surface area contributed by atoms with Crippen molar-refractivity contribution in [2.75, 3.05) is 0 Å². The summed E-state index contributed by atoms with van der Waals surface area (Å²) in [5.74, 6) is -0.311. The summed E-state index contributed by atoms with van der Waals surface area (Å²) in [5.41, 5.74) is 0.656. The Hall–Kier alpha value is -6.27. The highest BCUT2D eigenvalue weighted by atomic mass is 19.1. The van der Waals surface area contributed by atoms with E-state index < -0.39 is 21.9 Å².